The molecule has 8 heterocycles. The van der Waals surface area contributed by atoms with E-state index in [-0.39, 0.29) is 71.2 Å². The number of hydrogen-bond donors (Lipinski definition) is 5. The van der Waals surface area contributed by atoms with Crippen LogP contribution in [0.5, 0.6) is 11.8 Å². The molecule has 4 aromatic heterocycles. The molecule has 21 heteroatoms. The number of aromatic nitrogens is 6. The van der Waals surface area contributed by atoms with Crippen molar-refractivity contribution >= 4 is 44.8 Å². The number of alkyl halides is 4. The summed E-state index contributed by atoms with van der Waals surface area (Å²) in [5.41, 5.74) is 1.66. The molecule has 374 valence electrons. The first-order valence-corrected chi connectivity index (χ1v) is 24.0. The summed E-state index contributed by atoms with van der Waals surface area (Å²) in [6.45, 7) is 5.59. The number of aliphatic hydroxyl groups is 1. The maximum absolute atomic E-state index is 16.2. The van der Waals surface area contributed by atoms with Gasteiger partial charge in [0, 0.05) is 16.3 Å². The third-order valence-corrected chi connectivity index (χ3v) is 14.8. The van der Waals surface area contributed by atoms with Crippen LogP contribution in [0.25, 0.3) is 21.8 Å². The molecule has 71 heavy (non-hydrogen) atoms. The van der Waals surface area contributed by atoms with Crippen molar-refractivity contribution in [2.75, 3.05) is 53.5 Å². The van der Waals surface area contributed by atoms with Crippen LogP contribution in [0.4, 0.5) is 45.0 Å². The SMILES string of the molecule is Cc1nnc(N[C@H](C)c2cccc(C(F)(F)OC3CC3Cc3nnc(N[C@H](C)c4cccc(C(F)(F)CO)c4F)c4cc(N5C6CCC5COC6)c(O)nc34)c2)c2cc(N3C4CCC3COC4)c(O)nc12. The van der Waals surface area contributed by atoms with Gasteiger partial charge in [-0.2, -0.15) is 27.8 Å². The van der Waals surface area contributed by atoms with E-state index in [2.05, 4.69) is 50.8 Å². The molecular formula is C50H53F5N10O6. The second-order valence-corrected chi connectivity index (χ2v) is 19.5. The van der Waals surface area contributed by atoms with Gasteiger partial charge in [-0.25, -0.2) is 14.4 Å². The lowest BCUT2D eigenvalue weighted by atomic mass is 10.00. The molecule has 1 aliphatic carbocycles. The van der Waals surface area contributed by atoms with Crippen LogP contribution in [0.2, 0.25) is 0 Å². The third kappa shape index (κ3) is 8.63. The number of anilines is 4. The van der Waals surface area contributed by atoms with E-state index in [4.69, 9.17) is 14.2 Å². The number of nitrogens with one attached hydrogen (secondary N) is 2. The molecular weight excluding hydrogens is 932 g/mol. The lowest BCUT2D eigenvalue weighted by molar-refractivity contribution is -0.257. The highest BCUT2D eigenvalue weighted by Crippen LogP contribution is 2.47. The van der Waals surface area contributed by atoms with Crippen molar-refractivity contribution in [3.8, 4) is 11.8 Å². The Kier molecular flexibility index (Phi) is 12.0. The number of rotatable bonds is 15. The lowest BCUT2D eigenvalue weighted by Crippen LogP contribution is -2.46. The minimum atomic E-state index is -3.81. The Labute approximate surface area is 404 Å². The number of aromatic hydroxyl groups is 2. The quantitative estimate of drug-likeness (QED) is 0.0619. The summed E-state index contributed by atoms with van der Waals surface area (Å²) in [6.07, 6.45) is -0.592. The molecule has 4 saturated heterocycles. The average Bonchev–Trinajstić information content (AvgIpc) is 3.96. The molecule has 6 aromatic rings. The van der Waals surface area contributed by atoms with Gasteiger partial charge in [0.15, 0.2) is 11.6 Å². The van der Waals surface area contributed by atoms with Crippen molar-refractivity contribution in [3.63, 3.8) is 0 Å². The standard InChI is InChI=1S/C50H53F5N10O6/c1-24(56-45-35-17-39(47(67)58-43(35)26(3)60-62-45)64-30-10-11-31(64)20-69-19-30)27-6-4-7-29(14-27)50(54,55)71-41-16-28(41)15-38-44-36(18-40(48(68)59-44)65-32-12-13-33(65)22-70-21-32)46(63-61-38)57-25(2)34-8-5-9-37(42(34)51)49(52,53)23-66/h4-9,14,17-18,24-25,28,30-33,41,66H,10-13,15-16,19-23H2,1-3H3,(H,56,62)(H,57,63)(H,58,67)(H,59,68)/t24-,25-,28?,30?,31?,32?,33?,41?/m1/s1. The number of pyridine rings is 2. The summed E-state index contributed by atoms with van der Waals surface area (Å²) in [6, 6.07) is 11.8. The third-order valence-electron chi connectivity index (χ3n) is 14.8. The monoisotopic (exact) mass is 984 g/mol. The molecule has 11 rings (SSSR count). The van der Waals surface area contributed by atoms with Gasteiger partial charge in [-0.1, -0.05) is 30.3 Å². The van der Waals surface area contributed by atoms with Crippen LogP contribution in [-0.4, -0.2) is 109 Å². The Hall–Kier alpha value is -6.29. The molecule has 5 fully saturated rings. The number of ether oxygens (including phenoxy) is 3. The van der Waals surface area contributed by atoms with E-state index in [9.17, 15) is 24.1 Å². The van der Waals surface area contributed by atoms with Gasteiger partial charge < -0.3 is 50.0 Å². The van der Waals surface area contributed by atoms with Crippen molar-refractivity contribution in [2.24, 2.45) is 5.92 Å². The highest BCUT2D eigenvalue weighted by Gasteiger charge is 2.48. The average molecular weight is 985 g/mol. The first-order chi connectivity index (χ1) is 34.1. The summed E-state index contributed by atoms with van der Waals surface area (Å²) < 4.78 is 94.0. The van der Waals surface area contributed by atoms with Gasteiger partial charge in [-0.05, 0) is 95.0 Å². The van der Waals surface area contributed by atoms with E-state index in [0.717, 1.165) is 31.7 Å². The minimum absolute atomic E-state index is 0.0133. The van der Waals surface area contributed by atoms with Gasteiger partial charge in [0.1, 0.15) is 34.8 Å². The van der Waals surface area contributed by atoms with Gasteiger partial charge >= 0.3 is 6.11 Å². The molecule has 0 spiro atoms. The molecule has 2 aromatic carbocycles. The number of benzene rings is 2. The van der Waals surface area contributed by atoms with Gasteiger partial charge in [0.25, 0.3) is 5.92 Å². The smallest absolute Gasteiger partial charge is 0.383 e. The zero-order valence-electron chi connectivity index (χ0n) is 39.1. The largest absolute Gasteiger partial charge is 0.492 e. The predicted molar refractivity (Wildman–Crippen MR) is 251 cm³/mol. The number of aliphatic hydroxyl groups excluding tert-OH is 1. The minimum Gasteiger partial charge on any atom is -0.492 e. The summed E-state index contributed by atoms with van der Waals surface area (Å²) >= 11 is 0. The number of morpholine rings is 2. The highest BCUT2D eigenvalue weighted by molar-refractivity contribution is 5.95. The zero-order chi connectivity index (χ0) is 49.5. The lowest BCUT2D eigenvalue weighted by Gasteiger charge is -2.36. The predicted octanol–water partition coefficient (Wildman–Crippen LogP) is 8.08. The van der Waals surface area contributed by atoms with Gasteiger partial charge in [0.05, 0.1) is 91.3 Å². The first kappa shape index (κ1) is 47.1. The van der Waals surface area contributed by atoms with Crippen LogP contribution >= 0.6 is 0 Å². The van der Waals surface area contributed by atoms with Crippen LogP contribution in [0.1, 0.15) is 91.7 Å². The number of fused-ring (bicyclic) bond motifs is 6. The molecule has 4 aliphatic heterocycles. The highest BCUT2D eigenvalue weighted by atomic mass is 19.3. The Morgan fingerprint density at radius 2 is 1.31 bits per heavy atom. The maximum atomic E-state index is 16.2. The maximum Gasteiger partial charge on any atom is 0.383 e. The fourth-order valence-corrected chi connectivity index (χ4v) is 11.0. The topological polar surface area (TPSA) is 196 Å². The molecule has 0 radical (unpaired) electrons. The molecule has 0 amide bonds. The van der Waals surface area contributed by atoms with Crippen LogP contribution in [-0.2, 0) is 32.7 Å². The van der Waals surface area contributed by atoms with Crippen molar-refractivity contribution in [1.82, 2.24) is 30.4 Å². The summed E-state index contributed by atoms with van der Waals surface area (Å²) in [4.78, 5) is 13.4. The number of aryl methyl sites for hydroxylation is 1. The summed E-state index contributed by atoms with van der Waals surface area (Å²) in [5, 5.41) is 56.9. The number of nitrogens with zero attached hydrogens (tertiary/aromatic N) is 8. The van der Waals surface area contributed by atoms with Gasteiger partial charge in [-0.3, -0.25) is 0 Å². The molecule has 6 unspecified atom stereocenters. The van der Waals surface area contributed by atoms with E-state index in [1.54, 1.807) is 26.0 Å². The fraction of sp³-hybridized carbons (Fsp3) is 0.480. The molecule has 16 nitrogen and oxygen atoms in total. The summed E-state index contributed by atoms with van der Waals surface area (Å²) in [5.74, 6) is -5.27. The van der Waals surface area contributed by atoms with Crippen LogP contribution in [0.15, 0.2) is 54.6 Å². The van der Waals surface area contributed by atoms with E-state index in [1.807, 2.05) is 13.0 Å². The normalized spacial score (nSPS) is 23.9. The Morgan fingerprint density at radius 1 is 0.746 bits per heavy atom. The van der Waals surface area contributed by atoms with Crippen LogP contribution in [0, 0.1) is 18.7 Å². The van der Waals surface area contributed by atoms with E-state index in [0.29, 0.717) is 76.9 Å². The zero-order valence-corrected chi connectivity index (χ0v) is 39.1. The molecule has 1 saturated carbocycles. The van der Waals surface area contributed by atoms with E-state index >= 15 is 13.2 Å². The molecule has 4 bridgehead atoms. The second-order valence-electron chi connectivity index (χ2n) is 19.5. The second kappa shape index (κ2) is 18.1. The van der Waals surface area contributed by atoms with Crippen molar-refractivity contribution in [1.29, 1.82) is 0 Å². The fourth-order valence-electron chi connectivity index (χ4n) is 11.0. The molecule has 5 aliphatic rings. The number of halogens is 5. The Morgan fingerprint density at radius 3 is 1.93 bits per heavy atom. The Balaban J connectivity index is 0.822. The molecule has 5 N–H and O–H groups in total. The first-order valence-electron chi connectivity index (χ1n) is 24.0. The van der Waals surface area contributed by atoms with Crippen LogP contribution < -0.4 is 20.4 Å². The van der Waals surface area contributed by atoms with Crippen LogP contribution in [0.3, 0.4) is 0 Å². The Bertz CT molecular complexity index is 3000. The number of hydrogen-bond acceptors (Lipinski definition) is 16. The van der Waals surface area contributed by atoms with Crippen molar-refractivity contribution in [3.05, 3.63) is 94.1 Å². The van der Waals surface area contributed by atoms with Gasteiger partial charge in [0.2, 0.25) is 11.8 Å². The van der Waals surface area contributed by atoms with Crippen molar-refractivity contribution in [2.45, 2.75) is 114 Å². The molecule has 8 atom stereocenters. The van der Waals surface area contributed by atoms with Crippen molar-refractivity contribution < 1.29 is 51.5 Å². The van der Waals surface area contributed by atoms with E-state index in [1.165, 1.54) is 30.3 Å². The summed E-state index contributed by atoms with van der Waals surface area (Å²) in [7, 11) is 0. The van der Waals surface area contributed by atoms with E-state index < -0.39 is 54.1 Å². The van der Waals surface area contributed by atoms with Gasteiger partial charge in [-0.15, -0.1) is 10.2 Å².